The second-order valence-corrected chi connectivity index (χ2v) is 5.96. The van der Waals surface area contributed by atoms with E-state index in [9.17, 15) is 9.59 Å². The molecule has 2 amide bonds. The molecule has 0 radical (unpaired) electrons. The molecule has 1 aromatic carbocycles. The van der Waals surface area contributed by atoms with E-state index >= 15 is 0 Å². The zero-order valence-electron chi connectivity index (χ0n) is 11.0. The lowest BCUT2D eigenvalue weighted by atomic mass is 10.2. The summed E-state index contributed by atoms with van der Waals surface area (Å²) >= 11 is 3.37. The molecule has 4 nitrogen and oxygen atoms in total. The molecule has 2 N–H and O–H groups in total. The highest BCUT2D eigenvalue weighted by Gasteiger charge is 2.38. The molecule has 2 atom stereocenters. The van der Waals surface area contributed by atoms with Gasteiger partial charge in [-0.2, -0.15) is 0 Å². The van der Waals surface area contributed by atoms with Gasteiger partial charge in [0.15, 0.2) is 0 Å². The Labute approximate surface area is 121 Å². The van der Waals surface area contributed by atoms with E-state index in [1.54, 1.807) is 0 Å². The normalized spacial score (nSPS) is 20.8. The van der Waals surface area contributed by atoms with Crippen LogP contribution >= 0.6 is 15.9 Å². The highest BCUT2D eigenvalue weighted by Crippen LogP contribution is 2.37. The Bertz CT molecular complexity index is 516. The van der Waals surface area contributed by atoms with Crippen LogP contribution in [-0.4, -0.2) is 18.4 Å². The van der Waals surface area contributed by atoms with E-state index in [0.717, 1.165) is 22.1 Å². The van der Waals surface area contributed by atoms with Crippen LogP contribution in [0.3, 0.4) is 0 Å². The Hall–Kier alpha value is -1.36. The van der Waals surface area contributed by atoms with Gasteiger partial charge in [-0.1, -0.05) is 22.9 Å². The fourth-order valence-electron chi connectivity index (χ4n) is 1.95. The first-order valence-corrected chi connectivity index (χ1v) is 7.10. The highest BCUT2D eigenvalue weighted by molar-refractivity contribution is 9.10. The third-order valence-corrected chi connectivity index (χ3v) is 3.83. The predicted octanol–water partition coefficient (Wildman–Crippen LogP) is 2.47. The highest BCUT2D eigenvalue weighted by atomic mass is 79.9. The van der Waals surface area contributed by atoms with Crippen molar-refractivity contribution >= 4 is 33.4 Å². The van der Waals surface area contributed by atoms with E-state index in [2.05, 4.69) is 26.6 Å². The standard InChI is InChI=1S/C14H17BrN2O2/c1-8-6-11(8)14(19)16-7-13(18)17-12-4-3-10(15)5-9(12)2/h3-5,8,11H,6-7H2,1-2H3,(H,16,19)(H,17,18)/t8-,11+/m0/s1. The molecule has 1 saturated carbocycles. The van der Waals surface area contributed by atoms with Crippen molar-refractivity contribution < 1.29 is 9.59 Å². The second kappa shape index (κ2) is 5.74. The zero-order chi connectivity index (χ0) is 14.0. The van der Waals surface area contributed by atoms with Crippen molar-refractivity contribution in [1.29, 1.82) is 0 Å². The van der Waals surface area contributed by atoms with Crippen molar-refractivity contribution in [1.82, 2.24) is 5.32 Å². The molecule has 2 rings (SSSR count). The lowest BCUT2D eigenvalue weighted by molar-refractivity contribution is -0.125. The summed E-state index contributed by atoms with van der Waals surface area (Å²) in [6.45, 7) is 3.98. The lowest BCUT2D eigenvalue weighted by Gasteiger charge is -2.09. The fraction of sp³-hybridized carbons (Fsp3) is 0.429. The van der Waals surface area contributed by atoms with E-state index < -0.39 is 0 Å². The van der Waals surface area contributed by atoms with Gasteiger partial charge in [-0.15, -0.1) is 0 Å². The number of halogens is 1. The van der Waals surface area contributed by atoms with Crippen LogP contribution in [0.5, 0.6) is 0 Å². The van der Waals surface area contributed by atoms with E-state index in [0.29, 0.717) is 5.92 Å². The van der Waals surface area contributed by atoms with Gasteiger partial charge in [0.05, 0.1) is 6.54 Å². The molecule has 1 aliphatic rings. The topological polar surface area (TPSA) is 58.2 Å². The molecule has 0 aromatic heterocycles. The molecule has 1 aromatic rings. The van der Waals surface area contributed by atoms with Gasteiger partial charge in [0.25, 0.3) is 0 Å². The average molecular weight is 325 g/mol. The van der Waals surface area contributed by atoms with Crippen LogP contribution < -0.4 is 10.6 Å². The van der Waals surface area contributed by atoms with Crippen LogP contribution in [0.15, 0.2) is 22.7 Å². The minimum Gasteiger partial charge on any atom is -0.347 e. The third kappa shape index (κ3) is 3.80. The van der Waals surface area contributed by atoms with E-state index in [-0.39, 0.29) is 24.3 Å². The first kappa shape index (κ1) is 14.1. The Kier molecular flexibility index (Phi) is 4.24. The molecule has 19 heavy (non-hydrogen) atoms. The molecular weight excluding hydrogens is 308 g/mol. The molecule has 1 aliphatic carbocycles. The Morgan fingerprint density at radius 2 is 2.11 bits per heavy atom. The van der Waals surface area contributed by atoms with Gasteiger partial charge in [0, 0.05) is 16.1 Å². The molecule has 5 heteroatoms. The average Bonchev–Trinajstić information content (AvgIpc) is 3.07. The lowest BCUT2D eigenvalue weighted by Crippen LogP contribution is -2.34. The number of carbonyl (C=O) groups is 2. The zero-order valence-corrected chi connectivity index (χ0v) is 12.6. The molecule has 0 bridgehead atoms. The molecule has 0 saturated heterocycles. The number of anilines is 1. The number of amides is 2. The molecular formula is C14H17BrN2O2. The smallest absolute Gasteiger partial charge is 0.243 e. The summed E-state index contributed by atoms with van der Waals surface area (Å²) in [5.41, 5.74) is 1.74. The summed E-state index contributed by atoms with van der Waals surface area (Å²) < 4.78 is 0.971. The number of benzene rings is 1. The largest absolute Gasteiger partial charge is 0.347 e. The first-order chi connectivity index (χ1) is 8.97. The number of nitrogens with one attached hydrogen (secondary N) is 2. The van der Waals surface area contributed by atoms with E-state index in [4.69, 9.17) is 0 Å². The maximum absolute atomic E-state index is 11.7. The van der Waals surface area contributed by atoms with Crippen LogP contribution in [-0.2, 0) is 9.59 Å². The van der Waals surface area contributed by atoms with Gasteiger partial charge in [0.2, 0.25) is 11.8 Å². The molecule has 0 aliphatic heterocycles. The van der Waals surface area contributed by atoms with Gasteiger partial charge < -0.3 is 10.6 Å². The van der Waals surface area contributed by atoms with Crippen LogP contribution in [0.2, 0.25) is 0 Å². The van der Waals surface area contributed by atoms with Gasteiger partial charge in [-0.05, 0) is 43.0 Å². The predicted molar refractivity (Wildman–Crippen MR) is 77.8 cm³/mol. The van der Waals surface area contributed by atoms with Crippen molar-refractivity contribution in [2.45, 2.75) is 20.3 Å². The third-order valence-electron chi connectivity index (χ3n) is 3.33. The number of aryl methyl sites for hydroxylation is 1. The van der Waals surface area contributed by atoms with Gasteiger partial charge in [0.1, 0.15) is 0 Å². The van der Waals surface area contributed by atoms with E-state index in [1.165, 1.54) is 0 Å². The van der Waals surface area contributed by atoms with Crippen molar-refractivity contribution in [2.24, 2.45) is 11.8 Å². The molecule has 1 fully saturated rings. The fourth-order valence-corrected chi connectivity index (χ4v) is 2.42. The summed E-state index contributed by atoms with van der Waals surface area (Å²) in [7, 11) is 0. The molecule has 0 spiro atoms. The van der Waals surface area contributed by atoms with Crippen LogP contribution in [0, 0.1) is 18.8 Å². The SMILES string of the molecule is Cc1cc(Br)ccc1NC(=O)CNC(=O)[C@@H]1C[C@@H]1C. The molecule has 0 unspecified atom stereocenters. The summed E-state index contributed by atoms with van der Waals surface area (Å²) in [5, 5.41) is 5.45. The number of rotatable bonds is 4. The maximum atomic E-state index is 11.7. The van der Waals surface area contributed by atoms with Crippen LogP contribution in [0.4, 0.5) is 5.69 Å². The summed E-state index contributed by atoms with van der Waals surface area (Å²) in [4.78, 5) is 23.3. The molecule has 0 heterocycles. The van der Waals surface area contributed by atoms with Crippen LogP contribution in [0.1, 0.15) is 18.9 Å². The van der Waals surface area contributed by atoms with Crippen molar-refractivity contribution in [2.75, 3.05) is 11.9 Å². The van der Waals surface area contributed by atoms with Crippen molar-refractivity contribution in [3.63, 3.8) is 0 Å². The monoisotopic (exact) mass is 324 g/mol. The summed E-state index contributed by atoms with van der Waals surface area (Å²) in [6.07, 6.45) is 0.930. The summed E-state index contributed by atoms with van der Waals surface area (Å²) in [5.74, 6) is 0.334. The number of hydrogen-bond donors (Lipinski definition) is 2. The minimum absolute atomic E-state index is 0.0184. The Balaban J connectivity index is 1.82. The second-order valence-electron chi connectivity index (χ2n) is 5.04. The van der Waals surface area contributed by atoms with Gasteiger partial charge >= 0.3 is 0 Å². The first-order valence-electron chi connectivity index (χ1n) is 6.31. The summed E-state index contributed by atoms with van der Waals surface area (Å²) in [6, 6.07) is 5.63. The Morgan fingerprint density at radius 3 is 2.68 bits per heavy atom. The number of hydrogen-bond acceptors (Lipinski definition) is 2. The van der Waals surface area contributed by atoms with Gasteiger partial charge in [-0.3, -0.25) is 9.59 Å². The van der Waals surface area contributed by atoms with Gasteiger partial charge in [-0.25, -0.2) is 0 Å². The van der Waals surface area contributed by atoms with Crippen molar-refractivity contribution in [3.05, 3.63) is 28.2 Å². The van der Waals surface area contributed by atoms with Crippen molar-refractivity contribution in [3.8, 4) is 0 Å². The quantitative estimate of drug-likeness (QED) is 0.893. The Morgan fingerprint density at radius 1 is 1.42 bits per heavy atom. The number of carbonyl (C=O) groups excluding carboxylic acids is 2. The molecule has 102 valence electrons. The minimum atomic E-state index is -0.202. The van der Waals surface area contributed by atoms with E-state index in [1.807, 2.05) is 32.0 Å². The maximum Gasteiger partial charge on any atom is 0.243 e. The van der Waals surface area contributed by atoms with Crippen LogP contribution in [0.25, 0.3) is 0 Å².